The smallest absolute Gasteiger partial charge is 0.240 e. The Kier molecular flexibility index (Phi) is 4.82. The summed E-state index contributed by atoms with van der Waals surface area (Å²) in [6.45, 7) is 2.70. The molecule has 0 saturated heterocycles. The number of aromatic hydroxyl groups is 1. The van der Waals surface area contributed by atoms with E-state index in [2.05, 4.69) is 10.0 Å². The van der Waals surface area contributed by atoms with E-state index in [0.29, 0.717) is 13.1 Å². The van der Waals surface area contributed by atoms with Crippen molar-refractivity contribution in [2.75, 3.05) is 11.9 Å². The van der Waals surface area contributed by atoms with Gasteiger partial charge in [0.05, 0.1) is 4.90 Å². The molecule has 0 spiro atoms. The minimum atomic E-state index is -3.40. The maximum absolute atomic E-state index is 11.8. The van der Waals surface area contributed by atoms with E-state index in [9.17, 15) is 13.5 Å². The number of phenols is 1. The number of hydrogen-bond acceptors (Lipinski definition) is 4. The lowest BCUT2D eigenvalue weighted by atomic mass is 10.2. The predicted octanol–water partition coefficient (Wildman–Crippen LogP) is 2.30. The molecule has 0 aliphatic heterocycles. The second kappa shape index (κ2) is 6.60. The van der Waals surface area contributed by atoms with E-state index < -0.39 is 10.0 Å². The van der Waals surface area contributed by atoms with Gasteiger partial charge in [-0.1, -0.05) is 19.1 Å². The molecular weight excluding hydrogens is 288 g/mol. The Morgan fingerprint density at radius 1 is 1.00 bits per heavy atom. The number of nitrogens with one attached hydrogen (secondary N) is 2. The van der Waals surface area contributed by atoms with Gasteiger partial charge in [0.25, 0.3) is 0 Å². The average Bonchev–Trinajstić information content (AvgIpc) is 2.47. The van der Waals surface area contributed by atoms with Crippen LogP contribution in [0.15, 0.2) is 53.4 Å². The Morgan fingerprint density at radius 2 is 1.62 bits per heavy atom. The van der Waals surface area contributed by atoms with Gasteiger partial charge >= 0.3 is 0 Å². The second-order valence-corrected chi connectivity index (χ2v) is 6.31. The van der Waals surface area contributed by atoms with Gasteiger partial charge in [0, 0.05) is 18.8 Å². The van der Waals surface area contributed by atoms with E-state index in [0.717, 1.165) is 11.3 Å². The third kappa shape index (κ3) is 4.21. The van der Waals surface area contributed by atoms with Crippen molar-refractivity contribution < 1.29 is 13.5 Å². The van der Waals surface area contributed by atoms with Crippen molar-refractivity contribution in [1.82, 2.24) is 4.72 Å². The van der Waals surface area contributed by atoms with Crippen molar-refractivity contribution in [2.24, 2.45) is 0 Å². The van der Waals surface area contributed by atoms with Gasteiger partial charge in [-0.15, -0.1) is 0 Å². The number of phenolic OH excluding ortho intramolecular Hbond substituents is 1. The zero-order chi connectivity index (χ0) is 15.3. The molecule has 5 nitrogen and oxygen atoms in total. The molecule has 0 bridgehead atoms. The van der Waals surface area contributed by atoms with Crippen LogP contribution in [0, 0.1) is 0 Å². The molecular formula is C15H18N2O3S. The first-order chi connectivity index (χ1) is 10.0. The van der Waals surface area contributed by atoms with Crippen LogP contribution in [0.4, 0.5) is 5.69 Å². The monoisotopic (exact) mass is 306 g/mol. The normalized spacial score (nSPS) is 11.3. The highest BCUT2D eigenvalue weighted by Crippen LogP contribution is 2.16. The van der Waals surface area contributed by atoms with Gasteiger partial charge in [0.1, 0.15) is 5.75 Å². The second-order valence-electron chi connectivity index (χ2n) is 4.55. The Labute approximate surface area is 124 Å². The first kappa shape index (κ1) is 15.3. The van der Waals surface area contributed by atoms with Crippen molar-refractivity contribution in [3.05, 3.63) is 54.1 Å². The van der Waals surface area contributed by atoms with Crippen molar-refractivity contribution in [3.8, 4) is 5.75 Å². The molecule has 2 rings (SSSR count). The molecule has 0 fully saturated rings. The number of anilines is 1. The number of benzene rings is 2. The van der Waals surface area contributed by atoms with Gasteiger partial charge < -0.3 is 10.4 Å². The number of hydrogen-bond donors (Lipinski definition) is 3. The Hall–Kier alpha value is -2.05. The average molecular weight is 306 g/mol. The third-order valence-electron chi connectivity index (χ3n) is 2.93. The fourth-order valence-corrected chi connectivity index (χ4v) is 2.88. The molecule has 0 radical (unpaired) electrons. The van der Waals surface area contributed by atoms with Crippen LogP contribution < -0.4 is 10.0 Å². The highest BCUT2D eigenvalue weighted by atomic mass is 32.2. The highest BCUT2D eigenvalue weighted by Gasteiger charge is 2.11. The molecule has 21 heavy (non-hydrogen) atoms. The SMILES string of the molecule is CCNS(=O)(=O)c1ccc(NCc2ccc(O)cc2)cc1. The largest absolute Gasteiger partial charge is 0.508 e. The summed E-state index contributed by atoms with van der Waals surface area (Å²) >= 11 is 0. The van der Waals surface area contributed by atoms with Gasteiger partial charge in [-0.3, -0.25) is 0 Å². The fourth-order valence-electron chi connectivity index (χ4n) is 1.84. The van der Waals surface area contributed by atoms with Crippen LogP contribution >= 0.6 is 0 Å². The fraction of sp³-hybridized carbons (Fsp3) is 0.200. The molecule has 2 aromatic carbocycles. The summed E-state index contributed by atoms with van der Waals surface area (Å²) in [5.74, 6) is 0.233. The van der Waals surface area contributed by atoms with E-state index in [1.165, 1.54) is 0 Å². The molecule has 0 aliphatic rings. The van der Waals surface area contributed by atoms with Gasteiger partial charge in [0.15, 0.2) is 0 Å². The molecule has 2 aromatic rings. The summed E-state index contributed by atoms with van der Waals surface area (Å²) in [6, 6.07) is 13.5. The van der Waals surface area contributed by atoms with E-state index in [-0.39, 0.29) is 10.6 Å². The molecule has 0 unspecified atom stereocenters. The minimum Gasteiger partial charge on any atom is -0.508 e. The summed E-state index contributed by atoms with van der Waals surface area (Å²) in [4.78, 5) is 0.250. The molecule has 0 saturated carbocycles. The van der Waals surface area contributed by atoms with Crippen LogP contribution in [0.2, 0.25) is 0 Å². The molecule has 0 atom stereocenters. The molecule has 0 aromatic heterocycles. The minimum absolute atomic E-state index is 0.233. The highest BCUT2D eigenvalue weighted by molar-refractivity contribution is 7.89. The van der Waals surface area contributed by atoms with Crippen LogP contribution in [-0.2, 0) is 16.6 Å². The van der Waals surface area contributed by atoms with Gasteiger partial charge in [-0.25, -0.2) is 13.1 Å². The van der Waals surface area contributed by atoms with Gasteiger partial charge in [0.2, 0.25) is 10.0 Å². The van der Waals surface area contributed by atoms with E-state index in [1.807, 2.05) is 12.1 Å². The van der Waals surface area contributed by atoms with Crippen molar-refractivity contribution >= 4 is 15.7 Å². The zero-order valence-electron chi connectivity index (χ0n) is 11.7. The maximum atomic E-state index is 11.8. The lowest BCUT2D eigenvalue weighted by molar-refractivity contribution is 0.475. The van der Waals surface area contributed by atoms with Crippen LogP contribution in [0.3, 0.4) is 0 Å². The van der Waals surface area contributed by atoms with Crippen LogP contribution in [0.1, 0.15) is 12.5 Å². The lowest BCUT2D eigenvalue weighted by Gasteiger charge is -2.08. The Balaban J connectivity index is 2.01. The standard InChI is InChI=1S/C15H18N2O3S/c1-2-17-21(19,20)15-9-5-13(6-10-15)16-11-12-3-7-14(18)8-4-12/h3-10,16-18H,2,11H2,1H3. The summed E-state index contributed by atoms with van der Waals surface area (Å²) in [6.07, 6.45) is 0. The molecule has 112 valence electrons. The van der Waals surface area contributed by atoms with Gasteiger partial charge in [-0.2, -0.15) is 0 Å². The summed E-state index contributed by atoms with van der Waals surface area (Å²) in [5.41, 5.74) is 1.86. The topological polar surface area (TPSA) is 78.4 Å². The molecule has 0 heterocycles. The first-order valence-corrected chi connectivity index (χ1v) is 8.11. The maximum Gasteiger partial charge on any atom is 0.240 e. The lowest BCUT2D eigenvalue weighted by Crippen LogP contribution is -2.23. The Bertz CT molecular complexity index is 680. The zero-order valence-corrected chi connectivity index (χ0v) is 12.5. The van der Waals surface area contributed by atoms with E-state index in [1.54, 1.807) is 43.3 Å². The summed E-state index contributed by atoms with van der Waals surface area (Å²) in [7, 11) is -3.40. The number of rotatable bonds is 6. The number of sulfonamides is 1. The molecule has 6 heteroatoms. The van der Waals surface area contributed by atoms with E-state index >= 15 is 0 Å². The predicted molar refractivity (Wildman–Crippen MR) is 82.7 cm³/mol. The first-order valence-electron chi connectivity index (χ1n) is 6.63. The van der Waals surface area contributed by atoms with Crippen LogP contribution in [-0.4, -0.2) is 20.1 Å². The molecule has 0 amide bonds. The van der Waals surface area contributed by atoms with Crippen LogP contribution in [0.25, 0.3) is 0 Å². The Morgan fingerprint density at radius 3 is 2.19 bits per heavy atom. The quantitative estimate of drug-likeness (QED) is 0.765. The molecule has 3 N–H and O–H groups in total. The van der Waals surface area contributed by atoms with Crippen molar-refractivity contribution in [3.63, 3.8) is 0 Å². The summed E-state index contributed by atoms with van der Waals surface area (Å²) in [5, 5.41) is 12.4. The summed E-state index contributed by atoms with van der Waals surface area (Å²) < 4.78 is 26.0. The van der Waals surface area contributed by atoms with E-state index in [4.69, 9.17) is 0 Å². The molecule has 0 aliphatic carbocycles. The third-order valence-corrected chi connectivity index (χ3v) is 4.49. The van der Waals surface area contributed by atoms with Crippen molar-refractivity contribution in [1.29, 1.82) is 0 Å². The van der Waals surface area contributed by atoms with Crippen LogP contribution in [0.5, 0.6) is 5.75 Å². The van der Waals surface area contributed by atoms with Crippen molar-refractivity contribution in [2.45, 2.75) is 18.4 Å². The van der Waals surface area contributed by atoms with Gasteiger partial charge in [-0.05, 0) is 42.0 Å².